The van der Waals surface area contributed by atoms with Crippen LogP contribution >= 0.6 is 11.3 Å². The van der Waals surface area contributed by atoms with Crippen molar-refractivity contribution in [1.82, 2.24) is 15.2 Å². The van der Waals surface area contributed by atoms with Crippen LogP contribution in [0.5, 0.6) is 0 Å². The number of aryl methyl sites for hydroxylation is 2. The lowest BCUT2D eigenvalue weighted by atomic mass is 10.2. The molecule has 2 heterocycles. The third kappa shape index (κ3) is 3.17. The van der Waals surface area contributed by atoms with Crippen molar-refractivity contribution in [3.05, 3.63) is 33.8 Å². The first kappa shape index (κ1) is 14.5. The Morgan fingerprint density at radius 1 is 1.35 bits per heavy atom. The Kier molecular flexibility index (Phi) is 4.75. The van der Waals surface area contributed by atoms with Gasteiger partial charge in [-0.3, -0.25) is 10.1 Å². The summed E-state index contributed by atoms with van der Waals surface area (Å²) in [4.78, 5) is 17.1. The van der Waals surface area contributed by atoms with Crippen molar-refractivity contribution in [2.75, 3.05) is 5.32 Å². The molecule has 0 bridgehead atoms. The van der Waals surface area contributed by atoms with Crippen molar-refractivity contribution >= 4 is 23.2 Å². The van der Waals surface area contributed by atoms with Gasteiger partial charge >= 0.3 is 0 Å². The molecule has 1 atom stereocenters. The minimum absolute atomic E-state index is 0.205. The number of nitrogens with one attached hydrogen (secondary N) is 1. The maximum Gasteiger partial charge on any atom is 0.249 e. The van der Waals surface area contributed by atoms with Gasteiger partial charge in [0, 0.05) is 4.88 Å². The van der Waals surface area contributed by atoms with Gasteiger partial charge < -0.3 is 5.73 Å². The largest absolute Gasteiger partial charge is 0.316 e. The van der Waals surface area contributed by atoms with Crippen LogP contribution in [0.1, 0.15) is 36.2 Å². The molecule has 0 spiro atoms. The first-order valence-corrected chi connectivity index (χ1v) is 7.36. The molecule has 0 saturated heterocycles. The highest BCUT2D eigenvalue weighted by Crippen LogP contribution is 2.18. The molecule has 2 aromatic rings. The van der Waals surface area contributed by atoms with E-state index in [0.29, 0.717) is 0 Å². The van der Waals surface area contributed by atoms with E-state index in [9.17, 15) is 4.79 Å². The highest BCUT2D eigenvalue weighted by Gasteiger charge is 2.18. The topological polar surface area (TPSA) is 93.8 Å². The standard InChI is InChI=1S/C13H17N5OS/c1-3-8-9(4-2)17-18-13(15-8)16-12(19)11(14)10-6-5-7-20-10/h5-7,11H,3-4,14H2,1-2H3,(H,15,16,18,19). The van der Waals surface area contributed by atoms with Gasteiger partial charge in [0.25, 0.3) is 0 Å². The van der Waals surface area contributed by atoms with Gasteiger partial charge in [0.1, 0.15) is 6.04 Å². The number of amides is 1. The Labute approximate surface area is 121 Å². The van der Waals surface area contributed by atoms with E-state index in [1.807, 2.05) is 31.4 Å². The van der Waals surface area contributed by atoms with Crippen LogP contribution in [0.2, 0.25) is 0 Å². The van der Waals surface area contributed by atoms with Crippen molar-refractivity contribution in [1.29, 1.82) is 0 Å². The summed E-state index contributed by atoms with van der Waals surface area (Å²) in [5.74, 6) is -0.128. The summed E-state index contributed by atoms with van der Waals surface area (Å²) < 4.78 is 0. The predicted molar refractivity (Wildman–Crippen MR) is 78.5 cm³/mol. The minimum atomic E-state index is -0.713. The molecule has 7 heteroatoms. The molecule has 3 N–H and O–H groups in total. The monoisotopic (exact) mass is 291 g/mol. The Morgan fingerprint density at radius 3 is 2.70 bits per heavy atom. The van der Waals surface area contributed by atoms with E-state index >= 15 is 0 Å². The van der Waals surface area contributed by atoms with Crippen LogP contribution in [0.15, 0.2) is 17.5 Å². The number of hydrogen-bond donors (Lipinski definition) is 2. The fourth-order valence-corrected chi connectivity index (χ4v) is 2.50. The molecular weight excluding hydrogens is 274 g/mol. The Balaban J connectivity index is 2.11. The minimum Gasteiger partial charge on any atom is -0.316 e. The van der Waals surface area contributed by atoms with Crippen LogP contribution in [-0.4, -0.2) is 21.1 Å². The van der Waals surface area contributed by atoms with Gasteiger partial charge in [0.05, 0.1) is 11.4 Å². The molecule has 0 radical (unpaired) electrons. The number of nitrogens with zero attached hydrogens (tertiary/aromatic N) is 3. The Bertz CT molecular complexity index is 584. The number of thiophene rings is 1. The molecule has 0 aliphatic rings. The Hall–Kier alpha value is -1.86. The van der Waals surface area contributed by atoms with Crippen LogP contribution in [0, 0.1) is 0 Å². The third-order valence-corrected chi connectivity index (χ3v) is 3.83. The van der Waals surface area contributed by atoms with Gasteiger partial charge in [-0.2, -0.15) is 0 Å². The molecule has 0 aliphatic heterocycles. The van der Waals surface area contributed by atoms with Crippen LogP contribution < -0.4 is 11.1 Å². The number of carbonyl (C=O) groups is 1. The van der Waals surface area contributed by atoms with Crippen molar-refractivity contribution in [2.24, 2.45) is 5.73 Å². The fraction of sp³-hybridized carbons (Fsp3) is 0.385. The summed E-state index contributed by atoms with van der Waals surface area (Å²) in [6, 6.07) is 2.97. The van der Waals surface area contributed by atoms with Crippen LogP contribution in [0.3, 0.4) is 0 Å². The third-order valence-electron chi connectivity index (χ3n) is 2.88. The lowest BCUT2D eigenvalue weighted by Crippen LogP contribution is -2.28. The van der Waals surface area contributed by atoms with Gasteiger partial charge in [0.15, 0.2) is 0 Å². The predicted octanol–water partition coefficient (Wildman–Crippen LogP) is 1.70. The van der Waals surface area contributed by atoms with Gasteiger partial charge in [-0.1, -0.05) is 19.9 Å². The second kappa shape index (κ2) is 6.53. The van der Waals surface area contributed by atoms with Crippen molar-refractivity contribution < 1.29 is 4.79 Å². The normalized spacial score (nSPS) is 12.2. The Morgan fingerprint density at radius 2 is 2.10 bits per heavy atom. The van der Waals surface area contributed by atoms with Crippen molar-refractivity contribution in [2.45, 2.75) is 32.7 Å². The molecule has 1 unspecified atom stereocenters. The van der Waals surface area contributed by atoms with E-state index < -0.39 is 6.04 Å². The molecule has 0 saturated carbocycles. The van der Waals surface area contributed by atoms with Crippen molar-refractivity contribution in [3.63, 3.8) is 0 Å². The van der Waals surface area contributed by atoms with E-state index in [2.05, 4.69) is 20.5 Å². The van der Waals surface area contributed by atoms with Gasteiger partial charge in [-0.15, -0.1) is 21.5 Å². The second-order valence-corrected chi connectivity index (χ2v) is 5.20. The molecule has 0 aromatic carbocycles. The second-order valence-electron chi connectivity index (χ2n) is 4.22. The first-order chi connectivity index (χ1) is 9.65. The highest BCUT2D eigenvalue weighted by molar-refractivity contribution is 7.10. The van der Waals surface area contributed by atoms with Crippen LogP contribution in [0.4, 0.5) is 5.95 Å². The molecule has 0 aliphatic carbocycles. The van der Waals surface area contributed by atoms with Crippen LogP contribution in [-0.2, 0) is 17.6 Å². The number of anilines is 1. The summed E-state index contributed by atoms with van der Waals surface area (Å²) in [6.45, 7) is 3.99. The fourth-order valence-electron chi connectivity index (χ4n) is 1.78. The van der Waals surface area contributed by atoms with E-state index in [-0.39, 0.29) is 11.9 Å². The molecule has 0 fully saturated rings. The maximum atomic E-state index is 12.0. The van der Waals surface area contributed by atoms with Crippen molar-refractivity contribution in [3.8, 4) is 0 Å². The lowest BCUT2D eigenvalue weighted by Gasteiger charge is -2.10. The SMILES string of the molecule is CCc1nnc(NC(=O)C(N)c2cccs2)nc1CC. The van der Waals surface area contributed by atoms with E-state index in [1.54, 1.807) is 0 Å². The zero-order valence-electron chi connectivity index (χ0n) is 11.5. The summed E-state index contributed by atoms with van der Waals surface area (Å²) in [5.41, 5.74) is 7.58. The molecule has 2 rings (SSSR count). The number of carbonyl (C=O) groups excluding carboxylic acids is 1. The number of rotatable bonds is 5. The van der Waals surface area contributed by atoms with Gasteiger partial charge in [-0.05, 0) is 24.3 Å². The quantitative estimate of drug-likeness (QED) is 0.874. The van der Waals surface area contributed by atoms with E-state index in [4.69, 9.17) is 5.73 Å². The number of nitrogens with two attached hydrogens (primary N) is 1. The average molecular weight is 291 g/mol. The molecule has 2 aromatic heterocycles. The molecule has 106 valence electrons. The molecule has 1 amide bonds. The summed E-state index contributed by atoms with van der Waals surface area (Å²) in [7, 11) is 0. The smallest absolute Gasteiger partial charge is 0.249 e. The zero-order chi connectivity index (χ0) is 14.5. The molecule has 6 nitrogen and oxygen atoms in total. The lowest BCUT2D eigenvalue weighted by molar-refractivity contribution is -0.117. The number of aromatic nitrogens is 3. The summed E-state index contributed by atoms with van der Waals surface area (Å²) in [6.07, 6.45) is 1.52. The van der Waals surface area contributed by atoms with Gasteiger partial charge in [0.2, 0.25) is 11.9 Å². The van der Waals surface area contributed by atoms with E-state index in [1.165, 1.54) is 11.3 Å². The average Bonchev–Trinajstić information content (AvgIpc) is 3.00. The number of hydrogen-bond acceptors (Lipinski definition) is 6. The first-order valence-electron chi connectivity index (χ1n) is 6.48. The zero-order valence-corrected chi connectivity index (χ0v) is 12.3. The molecule has 20 heavy (non-hydrogen) atoms. The highest BCUT2D eigenvalue weighted by atomic mass is 32.1. The van der Waals surface area contributed by atoms with Gasteiger partial charge in [-0.25, -0.2) is 4.98 Å². The van der Waals surface area contributed by atoms with Crippen LogP contribution in [0.25, 0.3) is 0 Å². The summed E-state index contributed by atoms with van der Waals surface area (Å²) >= 11 is 1.44. The maximum absolute atomic E-state index is 12.0. The summed E-state index contributed by atoms with van der Waals surface area (Å²) in [5, 5.41) is 12.5. The molecular formula is C13H17N5OS. The van der Waals surface area contributed by atoms with E-state index in [0.717, 1.165) is 29.1 Å².